The van der Waals surface area contributed by atoms with Crippen LogP contribution < -0.4 is 0 Å². The van der Waals surface area contributed by atoms with Gasteiger partial charge in [0.15, 0.2) is 0 Å². The lowest BCUT2D eigenvalue weighted by molar-refractivity contribution is -0.138. The summed E-state index contributed by atoms with van der Waals surface area (Å²) in [6.07, 6.45) is 16.6. The summed E-state index contributed by atoms with van der Waals surface area (Å²) in [5, 5.41) is 0. The molecule has 0 heterocycles. The van der Waals surface area contributed by atoms with Crippen molar-refractivity contribution in [3.63, 3.8) is 0 Å². The van der Waals surface area contributed by atoms with E-state index < -0.39 is 7.82 Å². The van der Waals surface area contributed by atoms with Crippen LogP contribution in [0.15, 0.2) is 25.3 Å². The van der Waals surface area contributed by atoms with Crippen molar-refractivity contribution in [3.05, 3.63) is 25.3 Å². The summed E-state index contributed by atoms with van der Waals surface area (Å²) < 4.78 is 39.6. The number of unbranched alkanes of at least 4 members (excludes halogenated alkanes) is 12. The van der Waals surface area contributed by atoms with E-state index >= 15 is 0 Å². The molecule has 8 nitrogen and oxygen atoms in total. The standard InChI is InChI=1S/C27H49O8P/c1-4-7-16-23-33-36(30,34-24-19-14-10-8-12-17-21-31-26(28)5-2)35-25-20-15-11-9-13-18-22-32-27(29)6-3/h5-6H,2-4,7-25H2,1H3. The lowest BCUT2D eigenvalue weighted by Gasteiger charge is -2.18. The number of carbonyl (C=O) groups excluding carboxylic acids is 2. The largest absolute Gasteiger partial charge is 0.474 e. The Morgan fingerprint density at radius 1 is 0.556 bits per heavy atom. The van der Waals surface area contributed by atoms with Crippen molar-refractivity contribution in [3.8, 4) is 0 Å². The molecule has 0 aromatic carbocycles. The summed E-state index contributed by atoms with van der Waals surface area (Å²) in [4.78, 5) is 21.9. The molecule has 0 N–H and O–H groups in total. The molecule has 0 aliphatic carbocycles. The Hall–Kier alpha value is -1.47. The summed E-state index contributed by atoms with van der Waals surface area (Å²) in [7, 11) is -3.54. The highest BCUT2D eigenvalue weighted by Gasteiger charge is 2.26. The smallest absolute Gasteiger partial charge is 0.463 e. The van der Waals surface area contributed by atoms with Gasteiger partial charge in [-0.1, -0.05) is 84.3 Å². The molecule has 0 aliphatic rings. The molecule has 0 fully saturated rings. The molecule has 0 bridgehead atoms. The van der Waals surface area contributed by atoms with Crippen LogP contribution in [-0.4, -0.2) is 45.0 Å². The third kappa shape index (κ3) is 23.0. The second kappa shape index (κ2) is 25.2. The molecule has 0 aromatic rings. The number of phosphoric acid groups is 1. The van der Waals surface area contributed by atoms with Crippen LogP contribution in [0.2, 0.25) is 0 Å². The minimum atomic E-state index is -3.54. The highest BCUT2D eigenvalue weighted by atomic mass is 31.2. The van der Waals surface area contributed by atoms with Gasteiger partial charge in [0.25, 0.3) is 0 Å². The van der Waals surface area contributed by atoms with E-state index in [1.54, 1.807) is 0 Å². The zero-order chi connectivity index (χ0) is 26.7. The third-order valence-electron chi connectivity index (χ3n) is 5.40. The molecule has 0 aliphatic heterocycles. The van der Waals surface area contributed by atoms with Gasteiger partial charge in [0.1, 0.15) is 0 Å². The lowest BCUT2D eigenvalue weighted by Crippen LogP contribution is -2.04. The lowest BCUT2D eigenvalue weighted by atomic mass is 10.1. The van der Waals surface area contributed by atoms with Crippen molar-refractivity contribution in [1.82, 2.24) is 0 Å². The van der Waals surface area contributed by atoms with Crippen LogP contribution in [0.3, 0.4) is 0 Å². The molecular formula is C27H49O8P. The Kier molecular flexibility index (Phi) is 24.2. The Morgan fingerprint density at radius 2 is 0.861 bits per heavy atom. The van der Waals surface area contributed by atoms with Crippen LogP contribution in [0.1, 0.15) is 103 Å². The predicted octanol–water partition coefficient (Wildman–Crippen LogP) is 7.47. The van der Waals surface area contributed by atoms with E-state index in [-0.39, 0.29) is 11.9 Å². The topological polar surface area (TPSA) is 97.4 Å². The number of hydrogen-bond acceptors (Lipinski definition) is 8. The van der Waals surface area contributed by atoms with E-state index in [4.69, 9.17) is 23.0 Å². The summed E-state index contributed by atoms with van der Waals surface area (Å²) in [6, 6.07) is 0. The van der Waals surface area contributed by atoms with Gasteiger partial charge in [-0.15, -0.1) is 0 Å². The Labute approximate surface area is 218 Å². The molecule has 0 amide bonds. The molecule has 0 saturated heterocycles. The summed E-state index contributed by atoms with van der Waals surface area (Å²) in [5.74, 6) is -0.757. The quantitative estimate of drug-likeness (QED) is 0.0465. The van der Waals surface area contributed by atoms with E-state index in [0.717, 1.165) is 96.3 Å². The maximum Gasteiger partial charge on any atom is 0.474 e. The highest BCUT2D eigenvalue weighted by Crippen LogP contribution is 2.50. The molecule has 0 spiro atoms. The number of phosphoric ester groups is 1. The van der Waals surface area contributed by atoms with Crippen LogP contribution in [-0.2, 0) is 37.2 Å². The number of esters is 2. The monoisotopic (exact) mass is 532 g/mol. The number of ether oxygens (including phenoxy) is 2. The average Bonchev–Trinajstić information content (AvgIpc) is 2.88. The van der Waals surface area contributed by atoms with Gasteiger partial charge in [-0.25, -0.2) is 14.2 Å². The summed E-state index contributed by atoms with van der Waals surface area (Å²) in [5.41, 5.74) is 0. The van der Waals surface area contributed by atoms with Crippen LogP contribution in [0.5, 0.6) is 0 Å². The van der Waals surface area contributed by atoms with Gasteiger partial charge in [0.05, 0.1) is 33.0 Å². The molecular weight excluding hydrogens is 483 g/mol. The van der Waals surface area contributed by atoms with Crippen LogP contribution in [0.25, 0.3) is 0 Å². The van der Waals surface area contributed by atoms with Crippen molar-refractivity contribution in [2.75, 3.05) is 33.0 Å². The molecule has 0 saturated carbocycles. The minimum Gasteiger partial charge on any atom is -0.463 e. The van der Waals surface area contributed by atoms with E-state index in [9.17, 15) is 14.2 Å². The molecule has 210 valence electrons. The first-order chi connectivity index (χ1) is 17.5. The van der Waals surface area contributed by atoms with Crippen molar-refractivity contribution in [1.29, 1.82) is 0 Å². The zero-order valence-corrected chi connectivity index (χ0v) is 23.3. The first-order valence-electron chi connectivity index (χ1n) is 13.6. The number of carbonyl (C=O) groups is 2. The fraction of sp³-hybridized carbons (Fsp3) is 0.778. The number of rotatable bonds is 27. The van der Waals surface area contributed by atoms with Gasteiger partial charge in [0.2, 0.25) is 0 Å². The second-order valence-corrected chi connectivity index (χ2v) is 10.3. The fourth-order valence-electron chi connectivity index (χ4n) is 3.28. The Balaban J connectivity index is 3.94. The highest BCUT2D eigenvalue weighted by molar-refractivity contribution is 7.48. The average molecular weight is 533 g/mol. The van der Waals surface area contributed by atoms with Crippen LogP contribution in [0.4, 0.5) is 0 Å². The van der Waals surface area contributed by atoms with E-state index in [1.165, 1.54) is 12.2 Å². The zero-order valence-electron chi connectivity index (χ0n) is 22.4. The molecule has 0 aromatic heterocycles. The second-order valence-electron chi connectivity index (χ2n) is 8.64. The Bertz CT molecular complexity index is 579. The van der Waals surface area contributed by atoms with E-state index in [2.05, 4.69) is 20.1 Å². The van der Waals surface area contributed by atoms with Crippen molar-refractivity contribution >= 4 is 19.8 Å². The maximum atomic E-state index is 13.0. The fourth-order valence-corrected chi connectivity index (χ4v) is 4.56. The normalized spacial score (nSPS) is 11.2. The summed E-state index contributed by atoms with van der Waals surface area (Å²) in [6.45, 7) is 10.8. The predicted molar refractivity (Wildman–Crippen MR) is 143 cm³/mol. The molecule has 9 heteroatoms. The third-order valence-corrected chi connectivity index (χ3v) is 6.89. The molecule has 0 rings (SSSR count). The van der Waals surface area contributed by atoms with Gasteiger partial charge >= 0.3 is 19.8 Å². The first-order valence-corrected chi connectivity index (χ1v) is 15.1. The van der Waals surface area contributed by atoms with Gasteiger partial charge in [-0.2, -0.15) is 0 Å². The SMILES string of the molecule is C=CC(=O)OCCCCCCCCOP(=O)(OCCCCC)OCCCCCCCCOC(=O)C=C. The van der Waals surface area contributed by atoms with Crippen molar-refractivity contribution in [2.24, 2.45) is 0 Å². The Morgan fingerprint density at radius 3 is 1.19 bits per heavy atom. The molecule has 0 unspecified atom stereocenters. The van der Waals surface area contributed by atoms with Crippen LogP contribution >= 0.6 is 7.82 Å². The molecule has 0 atom stereocenters. The van der Waals surface area contributed by atoms with E-state index in [1.807, 2.05) is 0 Å². The van der Waals surface area contributed by atoms with E-state index in [0.29, 0.717) is 33.0 Å². The first kappa shape index (κ1) is 34.5. The number of hydrogen-bond donors (Lipinski definition) is 0. The van der Waals surface area contributed by atoms with Gasteiger partial charge in [0, 0.05) is 12.2 Å². The van der Waals surface area contributed by atoms with Gasteiger partial charge < -0.3 is 9.47 Å². The van der Waals surface area contributed by atoms with Gasteiger partial charge in [-0.3, -0.25) is 13.6 Å². The molecule has 36 heavy (non-hydrogen) atoms. The van der Waals surface area contributed by atoms with Crippen molar-refractivity contribution in [2.45, 2.75) is 103 Å². The molecule has 0 radical (unpaired) electrons. The van der Waals surface area contributed by atoms with Crippen LogP contribution in [0, 0.1) is 0 Å². The van der Waals surface area contributed by atoms with Crippen molar-refractivity contribution < 1.29 is 37.2 Å². The minimum absolute atomic E-state index is 0.346. The maximum absolute atomic E-state index is 13.0. The van der Waals surface area contributed by atoms with Gasteiger partial charge in [-0.05, 0) is 32.1 Å². The summed E-state index contributed by atoms with van der Waals surface area (Å²) >= 11 is 0.